The molecule has 100 valence electrons. The monoisotopic (exact) mass is 356 g/mol. The van der Waals surface area contributed by atoms with Crippen molar-refractivity contribution in [3.05, 3.63) is 18.2 Å². The number of hydrogen-bond donors (Lipinski definition) is 0. The lowest BCUT2D eigenvalue weighted by Gasteiger charge is -2.16. The number of fused-ring (bicyclic) bond motifs is 1. The highest BCUT2D eigenvalue weighted by atomic mass is 79.9. The van der Waals surface area contributed by atoms with Crippen LogP contribution in [0.1, 0.15) is 6.42 Å². The quantitative estimate of drug-likeness (QED) is 0.619. The molecule has 3 nitrogen and oxygen atoms in total. The van der Waals surface area contributed by atoms with Crippen LogP contribution >= 0.6 is 39.0 Å². The normalized spacial score (nSPS) is 19.6. The first kappa shape index (κ1) is 13.4. The number of hydrogen-bond acceptors (Lipinski definition) is 4. The van der Waals surface area contributed by atoms with Crippen LogP contribution in [-0.4, -0.2) is 29.0 Å². The van der Waals surface area contributed by atoms with Crippen LogP contribution in [0, 0.1) is 5.92 Å². The van der Waals surface area contributed by atoms with E-state index in [1.807, 2.05) is 23.3 Å². The van der Waals surface area contributed by atoms with E-state index in [9.17, 15) is 4.79 Å². The van der Waals surface area contributed by atoms with Crippen LogP contribution in [0.25, 0.3) is 10.2 Å². The van der Waals surface area contributed by atoms with Crippen LogP contribution in [0.5, 0.6) is 0 Å². The van der Waals surface area contributed by atoms with Gasteiger partial charge in [-0.2, -0.15) is 0 Å². The lowest BCUT2D eigenvalue weighted by molar-refractivity contribution is -0.117. The maximum absolute atomic E-state index is 12.0. The van der Waals surface area contributed by atoms with E-state index in [1.54, 1.807) is 23.1 Å². The maximum Gasteiger partial charge on any atom is 0.227 e. The Bertz CT molecular complexity index is 628. The van der Waals surface area contributed by atoms with Crippen molar-refractivity contribution in [3.8, 4) is 0 Å². The number of carbonyl (C=O) groups is 1. The smallest absolute Gasteiger partial charge is 0.227 e. The van der Waals surface area contributed by atoms with E-state index in [-0.39, 0.29) is 5.91 Å². The molecule has 19 heavy (non-hydrogen) atoms. The number of halogens is 1. The zero-order valence-corrected chi connectivity index (χ0v) is 13.6. The Labute approximate surface area is 128 Å². The van der Waals surface area contributed by atoms with Crippen LogP contribution < -0.4 is 4.90 Å². The largest absolute Gasteiger partial charge is 0.312 e. The van der Waals surface area contributed by atoms with Crippen molar-refractivity contribution < 1.29 is 4.79 Å². The van der Waals surface area contributed by atoms with E-state index >= 15 is 0 Å². The number of alkyl halides is 1. The molecule has 6 heteroatoms. The Hall–Kier alpha value is -0.590. The number of thiazole rings is 1. The summed E-state index contributed by atoms with van der Waals surface area (Å²) >= 11 is 6.81. The number of benzene rings is 1. The van der Waals surface area contributed by atoms with Gasteiger partial charge in [-0.05, 0) is 30.4 Å². The van der Waals surface area contributed by atoms with Crippen molar-refractivity contribution in [1.29, 1.82) is 0 Å². The summed E-state index contributed by atoms with van der Waals surface area (Å²) in [6.07, 6.45) is 2.67. The fourth-order valence-electron chi connectivity index (χ4n) is 2.28. The maximum atomic E-state index is 12.0. The second-order valence-corrected chi connectivity index (χ2v) is 7.30. The molecule has 1 saturated heterocycles. The van der Waals surface area contributed by atoms with Crippen LogP contribution in [0.15, 0.2) is 22.5 Å². The molecular weight excluding hydrogens is 344 g/mol. The Morgan fingerprint density at radius 2 is 2.42 bits per heavy atom. The molecule has 0 N–H and O–H groups in total. The zero-order chi connectivity index (χ0) is 13.4. The van der Waals surface area contributed by atoms with Gasteiger partial charge in [0.05, 0.1) is 10.2 Å². The van der Waals surface area contributed by atoms with Gasteiger partial charge in [-0.1, -0.05) is 27.7 Å². The first-order valence-corrected chi connectivity index (χ1v) is 9.18. The van der Waals surface area contributed by atoms with Crippen LogP contribution in [0.3, 0.4) is 0 Å². The van der Waals surface area contributed by atoms with Crippen molar-refractivity contribution in [3.63, 3.8) is 0 Å². The first-order chi connectivity index (χ1) is 9.21. The van der Waals surface area contributed by atoms with Crippen LogP contribution in [0.4, 0.5) is 5.69 Å². The molecule has 1 amide bonds. The number of nitrogens with zero attached hydrogens (tertiary/aromatic N) is 2. The minimum atomic E-state index is 0.221. The Balaban J connectivity index is 1.94. The summed E-state index contributed by atoms with van der Waals surface area (Å²) in [5.74, 6) is 0.643. The van der Waals surface area contributed by atoms with Crippen LogP contribution in [-0.2, 0) is 4.79 Å². The first-order valence-electron chi connectivity index (χ1n) is 6.02. The van der Waals surface area contributed by atoms with Gasteiger partial charge in [-0.15, -0.1) is 11.3 Å². The summed E-state index contributed by atoms with van der Waals surface area (Å²) in [6, 6.07) is 6.09. The summed E-state index contributed by atoms with van der Waals surface area (Å²) in [7, 11) is 0. The third-order valence-corrected chi connectivity index (χ3v) is 6.18. The number of carbonyl (C=O) groups excluding carboxylic acids is 1. The number of amides is 1. The molecule has 3 rings (SSSR count). The SMILES string of the molecule is CSc1nc2ccc(N3CC(CBr)CC3=O)cc2s1. The van der Waals surface area contributed by atoms with Crippen molar-refractivity contribution in [2.24, 2.45) is 5.92 Å². The van der Waals surface area contributed by atoms with E-state index in [4.69, 9.17) is 0 Å². The molecule has 0 bridgehead atoms. The van der Waals surface area contributed by atoms with E-state index < -0.39 is 0 Å². The molecule has 2 aromatic rings. The zero-order valence-electron chi connectivity index (χ0n) is 10.4. The van der Waals surface area contributed by atoms with Gasteiger partial charge in [0.15, 0.2) is 4.34 Å². The van der Waals surface area contributed by atoms with Crippen molar-refractivity contribution in [2.75, 3.05) is 23.0 Å². The van der Waals surface area contributed by atoms with Gasteiger partial charge in [-0.3, -0.25) is 4.79 Å². The van der Waals surface area contributed by atoms with E-state index in [1.165, 1.54) is 0 Å². The van der Waals surface area contributed by atoms with Gasteiger partial charge in [0.25, 0.3) is 0 Å². The summed E-state index contributed by atoms with van der Waals surface area (Å²) in [5.41, 5.74) is 2.01. The number of thioether (sulfide) groups is 1. The third-order valence-electron chi connectivity index (χ3n) is 3.26. The topological polar surface area (TPSA) is 33.2 Å². The third kappa shape index (κ3) is 2.53. The molecule has 1 aliphatic heterocycles. The van der Waals surface area contributed by atoms with E-state index in [0.29, 0.717) is 12.3 Å². The van der Waals surface area contributed by atoms with Gasteiger partial charge in [0.2, 0.25) is 5.91 Å². The molecule has 1 fully saturated rings. The average molecular weight is 357 g/mol. The minimum absolute atomic E-state index is 0.221. The van der Waals surface area contributed by atoms with E-state index in [2.05, 4.69) is 27.0 Å². The molecule has 1 aromatic heterocycles. The lowest BCUT2D eigenvalue weighted by atomic mass is 10.2. The van der Waals surface area contributed by atoms with Gasteiger partial charge in [-0.25, -0.2) is 4.98 Å². The molecule has 1 aromatic carbocycles. The van der Waals surface area contributed by atoms with Crippen molar-refractivity contribution in [1.82, 2.24) is 4.98 Å². The summed E-state index contributed by atoms with van der Waals surface area (Å²) in [5, 5.41) is 0.884. The molecule has 0 saturated carbocycles. The molecule has 0 spiro atoms. The molecule has 0 aliphatic carbocycles. The molecule has 1 unspecified atom stereocenters. The average Bonchev–Trinajstić information content (AvgIpc) is 3.00. The van der Waals surface area contributed by atoms with Gasteiger partial charge in [0.1, 0.15) is 0 Å². The standard InChI is InChI=1S/C13H13BrN2OS2/c1-18-13-15-10-3-2-9(5-11(10)19-13)16-7-8(6-14)4-12(16)17/h2-3,5,8H,4,6-7H2,1H3. The van der Waals surface area contributed by atoms with Crippen molar-refractivity contribution >= 4 is 60.8 Å². The summed E-state index contributed by atoms with van der Waals surface area (Å²) < 4.78 is 2.22. The van der Waals surface area contributed by atoms with Gasteiger partial charge >= 0.3 is 0 Å². The Morgan fingerprint density at radius 1 is 1.58 bits per heavy atom. The minimum Gasteiger partial charge on any atom is -0.312 e. The van der Waals surface area contributed by atoms with Gasteiger partial charge in [0, 0.05) is 24.0 Å². The highest BCUT2D eigenvalue weighted by molar-refractivity contribution is 9.09. The Kier molecular flexibility index (Phi) is 3.82. The lowest BCUT2D eigenvalue weighted by Crippen LogP contribution is -2.24. The number of rotatable bonds is 3. The predicted octanol–water partition coefficient (Wildman–Crippen LogP) is 3.77. The summed E-state index contributed by atoms with van der Waals surface area (Å²) in [6.45, 7) is 0.809. The second kappa shape index (κ2) is 5.42. The van der Waals surface area contributed by atoms with Crippen LogP contribution in [0.2, 0.25) is 0 Å². The van der Waals surface area contributed by atoms with Crippen molar-refractivity contribution in [2.45, 2.75) is 10.8 Å². The summed E-state index contributed by atoms with van der Waals surface area (Å²) in [4.78, 5) is 18.4. The highest BCUT2D eigenvalue weighted by Gasteiger charge is 2.29. The molecule has 0 radical (unpaired) electrons. The molecule has 2 heterocycles. The number of aromatic nitrogens is 1. The van der Waals surface area contributed by atoms with E-state index in [0.717, 1.165) is 32.1 Å². The predicted molar refractivity (Wildman–Crippen MR) is 85.7 cm³/mol. The molecule has 1 atom stereocenters. The highest BCUT2D eigenvalue weighted by Crippen LogP contribution is 2.33. The Morgan fingerprint density at radius 3 is 3.11 bits per heavy atom. The molecular formula is C13H13BrN2OS2. The van der Waals surface area contributed by atoms with Gasteiger partial charge < -0.3 is 4.90 Å². The number of anilines is 1. The fourth-order valence-corrected chi connectivity index (χ4v) is 4.24. The molecule has 1 aliphatic rings. The fraction of sp³-hybridized carbons (Fsp3) is 0.385. The second-order valence-electron chi connectivity index (χ2n) is 4.56.